The number of nitrogens with zero attached hydrogens (tertiary/aromatic N) is 1. The maximum atomic E-state index is 8.85. The first-order valence-corrected chi connectivity index (χ1v) is 6.75. The van der Waals surface area contributed by atoms with Crippen LogP contribution in [0.15, 0.2) is 18.2 Å². The van der Waals surface area contributed by atoms with Crippen LogP contribution in [0.2, 0.25) is 5.02 Å². The van der Waals surface area contributed by atoms with Crippen LogP contribution in [0, 0.1) is 22.7 Å². The van der Waals surface area contributed by atoms with Crippen LogP contribution in [0.1, 0.15) is 39.2 Å². The summed E-state index contributed by atoms with van der Waals surface area (Å²) in [6.07, 6.45) is 2.42. The fraction of sp³-hybridized carbons (Fsp3) is 0.533. The summed E-state index contributed by atoms with van der Waals surface area (Å²) in [5.74, 6) is 0.661. The van der Waals surface area contributed by atoms with Crippen LogP contribution in [-0.2, 0) is 0 Å². The van der Waals surface area contributed by atoms with E-state index in [4.69, 9.17) is 16.9 Å². The molecule has 0 saturated heterocycles. The molecule has 2 nitrogen and oxygen atoms in total. The van der Waals surface area contributed by atoms with Crippen LogP contribution >= 0.6 is 11.6 Å². The van der Waals surface area contributed by atoms with Crippen molar-refractivity contribution in [2.24, 2.45) is 11.3 Å². The lowest BCUT2D eigenvalue weighted by molar-refractivity contribution is 0.366. The molecule has 0 aliphatic heterocycles. The van der Waals surface area contributed by atoms with Crippen molar-refractivity contribution >= 4 is 17.3 Å². The Hall–Kier alpha value is -1.20. The summed E-state index contributed by atoms with van der Waals surface area (Å²) in [7, 11) is 0. The second kappa shape index (κ2) is 4.82. The molecule has 0 heterocycles. The second-order valence-corrected chi connectivity index (χ2v) is 6.51. The van der Waals surface area contributed by atoms with Crippen LogP contribution in [0.25, 0.3) is 0 Å². The summed E-state index contributed by atoms with van der Waals surface area (Å²) in [5, 5.41) is 12.9. The van der Waals surface area contributed by atoms with Gasteiger partial charge in [-0.3, -0.25) is 0 Å². The minimum Gasteiger partial charge on any atom is -0.382 e. The zero-order valence-corrected chi connectivity index (χ0v) is 11.9. The summed E-state index contributed by atoms with van der Waals surface area (Å²) in [6, 6.07) is 8.12. The van der Waals surface area contributed by atoms with Crippen LogP contribution in [0.5, 0.6) is 0 Å². The maximum Gasteiger partial charge on any atom is 0.101 e. The molecule has 1 aliphatic rings. The monoisotopic (exact) mass is 262 g/mol. The number of anilines is 1. The van der Waals surface area contributed by atoms with Crippen LogP contribution in [0.4, 0.5) is 5.69 Å². The van der Waals surface area contributed by atoms with Crippen molar-refractivity contribution in [1.82, 2.24) is 0 Å². The molecule has 18 heavy (non-hydrogen) atoms. The van der Waals surface area contributed by atoms with E-state index in [-0.39, 0.29) is 0 Å². The van der Waals surface area contributed by atoms with Gasteiger partial charge >= 0.3 is 0 Å². The number of nitriles is 1. The van der Waals surface area contributed by atoms with Gasteiger partial charge in [0.25, 0.3) is 0 Å². The molecule has 1 aromatic carbocycles. The first-order valence-electron chi connectivity index (χ1n) is 6.37. The lowest BCUT2D eigenvalue weighted by Gasteiger charge is -2.20. The summed E-state index contributed by atoms with van der Waals surface area (Å²) in [5.41, 5.74) is 1.95. The Morgan fingerprint density at radius 3 is 2.61 bits per heavy atom. The molecule has 1 aliphatic carbocycles. The fourth-order valence-electron chi connectivity index (χ4n) is 3.00. The molecule has 0 spiro atoms. The third kappa shape index (κ3) is 2.79. The van der Waals surface area contributed by atoms with Crippen LogP contribution < -0.4 is 5.32 Å². The van der Waals surface area contributed by atoms with Gasteiger partial charge in [-0.05, 0) is 42.4 Å². The highest BCUT2D eigenvalue weighted by molar-refractivity contribution is 6.32. The van der Waals surface area contributed by atoms with E-state index in [1.165, 1.54) is 12.8 Å². The molecule has 0 amide bonds. The topological polar surface area (TPSA) is 35.8 Å². The van der Waals surface area contributed by atoms with E-state index < -0.39 is 0 Å². The van der Waals surface area contributed by atoms with Crippen molar-refractivity contribution in [3.05, 3.63) is 28.8 Å². The molecule has 1 fully saturated rings. The minimum absolute atomic E-state index is 0.410. The predicted molar refractivity (Wildman–Crippen MR) is 75.8 cm³/mol. The van der Waals surface area contributed by atoms with Gasteiger partial charge in [0.05, 0.1) is 10.6 Å². The van der Waals surface area contributed by atoms with Crippen molar-refractivity contribution in [2.75, 3.05) is 5.32 Å². The number of halogens is 1. The average molecular weight is 263 g/mol. The lowest BCUT2D eigenvalue weighted by Crippen LogP contribution is -2.22. The van der Waals surface area contributed by atoms with E-state index in [1.807, 2.05) is 12.1 Å². The molecule has 96 valence electrons. The van der Waals surface area contributed by atoms with Crippen molar-refractivity contribution in [3.63, 3.8) is 0 Å². The van der Waals surface area contributed by atoms with Gasteiger partial charge in [0.1, 0.15) is 6.07 Å². The SMILES string of the molecule is CC1CC(C)(C)CC1Nc1ccc(C#N)c(Cl)c1. The molecule has 1 N–H and O–H groups in total. The normalized spacial score (nSPS) is 25.7. The Balaban J connectivity index is 2.11. The van der Waals surface area contributed by atoms with Gasteiger partial charge in [-0.1, -0.05) is 32.4 Å². The zero-order chi connectivity index (χ0) is 13.3. The molecule has 0 aromatic heterocycles. The first kappa shape index (κ1) is 13.2. The van der Waals surface area contributed by atoms with Crippen LogP contribution in [-0.4, -0.2) is 6.04 Å². The molecular formula is C15H19ClN2. The highest BCUT2D eigenvalue weighted by Crippen LogP contribution is 2.42. The molecule has 3 heteroatoms. The van der Waals surface area contributed by atoms with E-state index >= 15 is 0 Å². The highest BCUT2D eigenvalue weighted by Gasteiger charge is 2.36. The Kier molecular flexibility index (Phi) is 3.54. The van der Waals surface area contributed by atoms with Crippen molar-refractivity contribution in [1.29, 1.82) is 5.26 Å². The maximum absolute atomic E-state index is 8.85. The average Bonchev–Trinajstić information content (AvgIpc) is 2.52. The van der Waals surface area contributed by atoms with Gasteiger partial charge in [0.15, 0.2) is 0 Å². The third-order valence-corrected chi connectivity index (χ3v) is 4.09. The Morgan fingerprint density at radius 1 is 1.39 bits per heavy atom. The van der Waals surface area contributed by atoms with Crippen molar-refractivity contribution < 1.29 is 0 Å². The number of rotatable bonds is 2. The van der Waals surface area contributed by atoms with E-state index in [1.54, 1.807) is 6.07 Å². The second-order valence-electron chi connectivity index (χ2n) is 6.11. The first-order chi connectivity index (χ1) is 8.41. The standard InChI is InChI=1S/C15H19ClN2/c1-10-7-15(2,3)8-14(10)18-12-5-4-11(9-17)13(16)6-12/h4-6,10,14,18H,7-8H2,1-3H3. The molecule has 0 bridgehead atoms. The van der Waals surface area contributed by atoms with E-state index in [0.717, 1.165) is 5.69 Å². The molecule has 0 radical (unpaired) electrons. The molecule has 2 atom stereocenters. The summed E-state index contributed by atoms with van der Waals surface area (Å²) < 4.78 is 0. The number of hydrogen-bond donors (Lipinski definition) is 1. The zero-order valence-electron chi connectivity index (χ0n) is 11.1. The summed E-state index contributed by atoms with van der Waals surface area (Å²) in [4.78, 5) is 0. The van der Waals surface area contributed by atoms with Gasteiger partial charge < -0.3 is 5.32 Å². The molecule has 1 aromatic rings. The number of hydrogen-bond acceptors (Lipinski definition) is 2. The van der Waals surface area contributed by atoms with Crippen molar-refractivity contribution in [2.45, 2.75) is 39.7 Å². The Morgan fingerprint density at radius 2 is 2.11 bits per heavy atom. The number of benzene rings is 1. The van der Waals surface area contributed by atoms with Gasteiger partial charge in [0, 0.05) is 11.7 Å². The smallest absolute Gasteiger partial charge is 0.101 e. The van der Waals surface area contributed by atoms with E-state index in [9.17, 15) is 0 Å². The lowest BCUT2D eigenvalue weighted by atomic mass is 9.91. The summed E-state index contributed by atoms with van der Waals surface area (Å²) >= 11 is 6.04. The van der Waals surface area contributed by atoms with Crippen LogP contribution in [0.3, 0.4) is 0 Å². The minimum atomic E-state index is 0.410. The van der Waals surface area contributed by atoms with E-state index in [2.05, 4.69) is 32.2 Å². The molecule has 1 saturated carbocycles. The summed E-state index contributed by atoms with van der Waals surface area (Å²) in [6.45, 7) is 6.92. The quantitative estimate of drug-likeness (QED) is 0.855. The highest BCUT2D eigenvalue weighted by atomic mass is 35.5. The molecule has 2 rings (SSSR count). The third-order valence-electron chi connectivity index (χ3n) is 3.78. The van der Waals surface area contributed by atoms with Gasteiger partial charge in [-0.25, -0.2) is 0 Å². The van der Waals surface area contributed by atoms with Gasteiger partial charge in [0.2, 0.25) is 0 Å². The van der Waals surface area contributed by atoms with Gasteiger partial charge in [-0.2, -0.15) is 5.26 Å². The van der Waals surface area contributed by atoms with E-state index in [0.29, 0.717) is 28.0 Å². The number of nitrogens with one attached hydrogen (secondary N) is 1. The fourth-order valence-corrected chi connectivity index (χ4v) is 3.22. The Bertz CT molecular complexity index is 488. The molecule has 2 unspecified atom stereocenters. The Labute approximate surface area is 114 Å². The van der Waals surface area contributed by atoms with Crippen molar-refractivity contribution in [3.8, 4) is 6.07 Å². The molecular weight excluding hydrogens is 244 g/mol. The van der Waals surface area contributed by atoms with Gasteiger partial charge in [-0.15, -0.1) is 0 Å². The largest absolute Gasteiger partial charge is 0.382 e. The predicted octanol–water partition coefficient (Wildman–Crippen LogP) is 4.45.